The molecule has 0 bridgehead atoms. The minimum atomic E-state index is -1.25. The number of fused-ring (bicyclic) bond motifs is 1. The van der Waals surface area contributed by atoms with Crippen molar-refractivity contribution in [3.8, 4) is 0 Å². The summed E-state index contributed by atoms with van der Waals surface area (Å²) in [5, 5.41) is 26.9. The van der Waals surface area contributed by atoms with Gasteiger partial charge in [-0.25, -0.2) is 19.7 Å². The third-order valence-electron chi connectivity index (χ3n) is 5.42. The summed E-state index contributed by atoms with van der Waals surface area (Å²) < 4.78 is 17.8. The van der Waals surface area contributed by atoms with E-state index in [2.05, 4.69) is 25.6 Å². The zero-order chi connectivity index (χ0) is 21.8. The molecule has 170 valence electrons. The Morgan fingerprint density at radius 3 is 2.97 bits per heavy atom. The van der Waals surface area contributed by atoms with Crippen LogP contribution in [0, 0.1) is 0 Å². The number of amides is 1. The van der Waals surface area contributed by atoms with Crippen molar-refractivity contribution in [1.82, 2.24) is 24.8 Å². The van der Waals surface area contributed by atoms with Crippen LogP contribution in [-0.4, -0.2) is 86.5 Å². The summed E-state index contributed by atoms with van der Waals surface area (Å²) >= 11 is 0. The number of nitrogens with one attached hydrogen (secondary N) is 2. The lowest BCUT2D eigenvalue weighted by Crippen LogP contribution is -2.36. The molecule has 2 fully saturated rings. The maximum atomic E-state index is 11.7. The second-order valence-electron chi connectivity index (χ2n) is 7.68. The number of hydrogen-bond donors (Lipinski definition) is 4. The van der Waals surface area contributed by atoms with Crippen molar-refractivity contribution < 1.29 is 29.2 Å². The van der Waals surface area contributed by atoms with Gasteiger partial charge in [-0.15, -0.1) is 0 Å². The SMILES string of the molecule is CCCCNC(=O)OC[C@H]1O[C@@H](n2cnc3c(N[C@@H]4CCOC4)ncnc32)[C@H](O)[C@@H]1O. The zero-order valence-electron chi connectivity index (χ0n) is 17.3. The molecule has 2 aromatic rings. The van der Waals surface area contributed by atoms with E-state index in [0.29, 0.717) is 36.7 Å². The number of aliphatic hydroxyl groups is 2. The lowest BCUT2D eigenvalue weighted by molar-refractivity contribution is -0.0533. The van der Waals surface area contributed by atoms with Crippen LogP contribution in [-0.2, 0) is 14.2 Å². The second-order valence-corrected chi connectivity index (χ2v) is 7.68. The predicted molar refractivity (Wildman–Crippen MR) is 108 cm³/mol. The van der Waals surface area contributed by atoms with Crippen molar-refractivity contribution in [1.29, 1.82) is 0 Å². The quantitative estimate of drug-likeness (QED) is 0.421. The van der Waals surface area contributed by atoms with Gasteiger partial charge in [0.2, 0.25) is 0 Å². The van der Waals surface area contributed by atoms with Gasteiger partial charge in [-0.1, -0.05) is 13.3 Å². The first-order valence-electron chi connectivity index (χ1n) is 10.5. The minimum Gasteiger partial charge on any atom is -0.447 e. The van der Waals surface area contributed by atoms with Gasteiger partial charge < -0.3 is 35.1 Å². The highest BCUT2D eigenvalue weighted by Gasteiger charge is 2.45. The van der Waals surface area contributed by atoms with Gasteiger partial charge in [0.25, 0.3) is 0 Å². The summed E-state index contributed by atoms with van der Waals surface area (Å²) in [5.74, 6) is 0.566. The molecule has 0 unspecified atom stereocenters. The van der Waals surface area contributed by atoms with Crippen molar-refractivity contribution in [2.75, 3.05) is 31.7 Å². The summed E-state index contributed by atoms with van der Waals surface area (Å²) in [5.41, 5.74) is 0.973. The van der Waals surface area contributed by atoms with Gasteiger partial charge in [0.15, 0.2) is 23.2 Å². The molecule has 0 spiro atoms. The van der Waals surface area contributed by atoms with Crippen molar-refractivity contribution >= 4 is 23.1 Å². The largest absolute Gasteiger partial charge is 0.447 e. The van der Waals surface area contributed by atoms with Crippen molar-refractivity contribution in [2.24, 2.45) is 0 Å². The molecule has 0 radical (unpaired) electrons. The molecular formula is C19H28N6O6. The molecule has 12 nitrogen and oxygen atoms in total. The summed E-state index contributed by atoms with van der Waals surface area (Å²) in [4.78, 5) is 24.7. The Bertz CT molecular complexity index is 888. The Hall–Kier alpha value is -2.54. The van der Waals surface area contributed by atoms with Crippen LogP contribution < -0.4 is 10.6 Å². The number of aliphatic hydroxyl groups excluding tert-OH is 2. The van der Waals surface area contributed by atoms with E-state index in [-0.39, 0.29) is 12.6 Å². The molecule has 2 saturated heterocycles. The highest BCUT2D eigenvalue weighted by molar-refractivity contribution is 5.82. The van der Waals surface area contributed by atoms with Crippen molar-refractivity contribution in [3.05, 3.63) is 12.7 Å². The third kappa shape index (κ3) is 4.71. The number of aromatic nitrogens is 4. The van der Waals surface area contributed by atoms with E-state index in [4.69, 9.17) is 14.2 Å². The van der Waals surface area contributed by atoms with Crippen LogP contribution in [0.4, 0.5) is 10.6 Å². The van der Waals surface area contributed by atoms with Crippen molar-refractivity contribution in [3.63, 3.8) is 0 Å². The Labute approximate surface area is 178 Å². The maximum absolute atomic E-state index is 11.7. The van der Waals surface area contributed by atoms with Crippen LogP contribution in [0.5, 0.6) is 0 Å². The van der Waals surface area contributed by atoms with Gasteiger partial charge >= 0.3 is 6.09 Å². The topological polar surface area (TPSA) is 153 Å². The fourth-order valence-electron chi connectivity index (χ4n) is 3.66. The molecule has 5 atom stereocenters. The smallest absolute Gasteiger partial charge is 0.407 e. The molecule has 4 N–H and O–H groups in total. The first kappa shape index (κ1) is 21.7. The number of alkyl carbamates (subject to hydrolysis) is 1. The molecule has 2 aliphatic heterocycles. The maximum Gasteiger partial charge on any atom is 0.407 e. The number of ether oxygens (including phenoxy) is 3. The van der Waals surface area contributed by atoms with Gasteiger partial charge in [-0.05, 0) is 12.8 Å². The molecular weight excluding hydrogens is 408 g/mol. The zero-order valence-corrected chi connectivity index (χ0v) is 17.3. The Kier molecular flexibility index (Phi) is 6.80. The van der Waals surface area contributed by atoms with E-state index in [1.165, 1.54) is 12.7 Å². The number of rotatable bonds is 8. The second kappa shape index (κ2) is 9.73. The van der Waals surface area contributed by atoms with Gasteiger partial charge in [0.05, 0.1) is 19.0 Å². The van der Waals surface area contributed by atoms with Gasteiger partial charge in [-0.2, -0.15) is 0 Å². The van der Waals surface area contributed by atoms with Gasteiger partial charge in [0, 0.05) is 13.2 Å². The number of hydrogen-bond acceptors (Lipinski definition) is 10. The molecule has 1 amide bonds. The van der Waals surface area contributed by atoms with Crippen molar-refractivity contribution in [2.45, 2.75) is 56.8 Å². The number of carbonyl (C=O) groups excluding carboxylic acids is 1. The average Bonchev–Trinajstić information content (AvgIpc) is 3.49. The van der Waals surface area contributed by atoms with Gasteiger partial charge in [-0.3, -0.25) is 4.57 Å². The fraction of sp³-hybridized carbons (Fsp3) is 0.684. The van der Waals surface area contributed by atoms with Crippen LogP contribution in [0.25, 0.3) is 11.2 Å². The Morgan fingerprint density at radius 1 is 1.32 bits per heavy atom. The first-order valence-corrected chi connectivity index (χ1v) is 10.5. The average molecular weight is 436 g/mol. The fourth-order valence-corrected chi connectivity index (χ4v) is 3.66. The number of nitrogens with zero attached hydrogens (tertiary/aromatic N) is 4. The highest BCUT2D eigenvalue weighted by atomic mass is 16.6. The van der Waals surface area contributed by atoms with Crippen LogP contribution in [0.3, 0.4) is 0 Å². The molecule has 0 saturated carbocycles. The lowest BCUT2D eigenvalue weighted by Gasteiger charge is -2.17. The lowest BCUT2D eigenvalue weighted by atomic mass is 10.1. The summed E-state index contributed by atoms with van der Waals surface area (Å²) in [7, 11) is 0. The van der Waals surface area contributed by atoms with Crippen LogP contribution in [0.2, 0.25) is 0 Å². The number of carbonyl (C=O) groups is 1. The Balaban J connectivity index is 1.43. The predicted octanol–water partition coefficient (Wildman–Crippen LogP) is 0.173. The monoisotopic (exact) mass is 436 g/mol. The Morgan fingerprint density at radius 2 is 2.19 bits per heavy atom. The van der Waals surface area contributed by atoms with E-state index in [0.717, 1.165) is 19.3 Å². The molecule has 0 aromatic carbocycles. The van der Waals surface area contributed by atoms with Crippen LogP contribution in [0.15, 0.2) is 12.7 Å². The molecule has 4 heterocycles. The molecule has 4 rings (SSSR count). The van der Waals surface area contributed by atoms with E-state index in [1.54, 1.807) is 4.57 Å². The molecule has 31 heavy (non-hydrogen) atoms. The van der Waals surface area contributed by atoms with Crippen LogP contribution in [0.1, 0.15) is 32.4 Å². The highest BCUT2D eigenvalue weighted by Crippen LogP contribution is 2.32. The number of unbranched alkanes of at least 4 members (excludes halogenated alkanes) is 1. The normalized spacial score (nSPS) is 28.2. The molecule has 2 aromatic heterocycles. The number of imidazole rings is 1. The summed E-state index contributed by atoms with van der Waals surface area (Å²) in [6.45, 7) is 3.63. The van der Waals surface area contributed by atoms with E-state index in [1.807, 2.05) is 6.92 Å². The summed E-state index contributed by atoms with van der Waals surface area (Å²) in [6.07, 6.45) is 0.661. The summed E-state index contributed by atoms with van der Waals surface area (Å²) in [6, 6.07) is 0.142. The standard InChI is InChI=1S/C19H28N6O6/c1-2-3-5-20-19(28)30-8-12-14(26)15(27)18(31-12)25-10-23-13-16(21-9-22-17(13)25)24-11-4-6-29-7-11/h9-12,14-15,18,26-27H,2-8H2,1H3,(H,20,28)(H,21,22,24)/t11-,12-,14-,15-,18-/m1/s1. The van der Waals surface area contributed by atoms with E-state index < -0.39 is 30.6 Å². The van der Waals surface area contributed by atoms with Gasteiger partial charge in [0.1, 0.15) is 31.2 Å². The minimum absolute atomic E-state index is 0.142. The number of anilines is 1. The van der Waals surface area contributed by atoms with Crippen LogP contribution >= 0.6 is 0 Å². The van der Waals surface area contributed by atoms with E-state index >= 15 is 0 Å². The molecule has 12 heteroatoms. The molecule has 0 aliphatic carbocycles. The molecule has 2 aliphatic rings. The first-order chi connectivity index (χ1) is 15.1. The third-order valence-corrected chi connectivity index (χ3v) is 5.42. The van der Waals surface area contributed by atoms with E-state index in [9.17, 15) is 15.0 Å².